The maximum Gasteiger partial charge on any atom is 0.405 e. The molecule has 1 amide bonds. The molecule has 0 spiro atoms. The number of carbonyl (C=O) groups is 2. The second-order valence-corrected chi connectivity index (χ2v) is 4.99. The molecule has 0 bridgehead atoms. The normalized spacial score (nSPS) is 11.4. The van der Waals surface area contributed by atoms with Gasteiger partial charge in [0.15, 0.2) is 12.3 Å². The predicted molar refractivity (Wildman–Crippen MR) is 85.1 cm³/mol. The Bertz CT molecular complexity index is 732. The molecule has 126 valence electrons. The van der Waals surface area contributed by atoms with Crippen LogP contribution in [-0.2, 0) is 16.1 Å². The molecule has 7 nitrogen and oxygen atoms in total. The minimum Gasteiger partial charge on any atom is -0.618 e. The average Bonchev–Trinajstić information content (AvgIpc) is 2.60. The number of carbonyl (C=O) groups excluding carboxylic acids is 2. The van der Waals surface area contributed by atoms with Crippen molar-refractivity contribution in [1.29, 1.82) is 0 Å². The first-order chi connectivity index (χ1) is 11.5. The summed E-state index contributed by atoms with van der Waals surface area (Å²) in [7, 11) is 1.54. The van der Waals surface area contributed by atoms with Crippen LogP contribution in [0.1, 0.15) is 23.0 Å². The van der Waals surface area contributed by atoms with E-state index in [0.29, 0.717) is 10.5 Å². The van der Waals surface area contributed by atoms with Crippen LogP contribution < -0.4 is 14.8 Å². The number of ether oxygens (including phenoxy) is 2. The van der Waals surface area contributed by atoms with Crippen molar-refractivity contribution in [2.24, 2.45) is 0 Å². The van der Waals surface area contributed by atoms with E-state index in [1.807, 2.05) is 18.2 Å². The number of hydrogen-bond acceptors (Lipinski definition) is 5. The Labute approximate surface area is 139 Å². The smallest absolute Gasteiger partial charge is 0.405 e. The zero-order valence-corrected chi connectivity index (χ0v) is 13.4. The highest BCUT2D eigenvalue weighted by atomic mass is 16.6. The number of aromatic nitrogens is 1. The zero-order chi connectivity index (χ0) is 17.5. The van der Waals surface area contributed by atoms with Crippen molar-refractivity contribution in [3.63, 3.8) is 0 Å². The van der Waals surface area contributed by atoms with Gasteiger partial charge in [-0.3, -0.25) is 4.79 Å². The van der Waals surface area contributed by atoms with E-state index in [-0.39, 0.29) is 12.2 Å². The number of rotatable bonds is 6. The lowest BCUT2D eigenvalue weighted by Gasteiger charge is -2.14. The molecule has 0 saturated heterocycles. The van der Waals surface area contributed by atoms with Gasteiger partial charge in [0, 0.05) is 24.2 Å². The van der Waals surface area contributed by atoms with E-state index in [1.54, 1.807) is 13.2 Å². The molecule has 1 aromatic heterocycles. The second kappa shape index (κ2) is 7.96. The fourth-order valence-corrected chi connectivity index (χ4v) is 2.04. The summed E-state index contributed by atoms with van der Waals surface area (Å²) in [5, 5.41) is 14.2. The number of methoxy groups -OCH3 is 1. The van der Waals surface area contributed by atoms with E-state index in [1.165, 1.54) is 31.3 Å². The molecule has 7 heteroatoms. The summed E-state index contributed by atoms with van der Waals surface area (Å²) in [6, 6.07) is 11.6. The molecule has 0 radical (unpaired) electrons. The van der Waals surface area contributed by atoms with Crippen LogP contribution in [-0.4, -0.2) is 25.1 Å². The fourth-order valence-electron chi connectivity index (χ4n) is 2.04. The molecule has 1 heterocycles. The maximum atomic E-state index is 12.1. The van der Waals surface area contributed by atoms with Gasteiger partial charge < -0.3 is 20.0 Å². The minimum absolute atomic E-state index is 0.179. The van der Waals surface area contributed by atoms with Gasteiger partial charge in [0.05, 0.1) is 7.11 Å². The van der Waals surface area contributed by atoms with Crippen LogP contribution in [0.15, 0.2) is 48.7 Å². The first kappa shape index (κ1) is 17.3. The fraction of sp³-hybridized carbons (Fsp3) is 0.235. The highest BCUT2D eigenvalue weighted by molar-refractivity contribution is 5.89. The van der Waals surface area contributed by atoms with Gasteiger partial charge in [0.2, 0.25) is 0 Å². The summed E-state index contributed by atoms with van der Waals surface area (Å²) in [6.07, 6.45) is 0.149. The van der Waals surface area contributed by atoms with Gasteiger partial charge in [-0.05, 0) is 19.1 Å². The van der Waals surface area contributed by atoms with Crippen molar-refractivity contribution < 1.29 is 23.8 Å². The van der Waals surface area contributed by atoms with E-state index >= 15 is 0 Å². The molecule has 0 aliphatic heterocycles. The molecule has 0 unspecified atom stereocenters. The van der Waals surface area contributed by atoms with Crippen molar-refractivity contribution >= 4 is 11.9 Å². The van der Waals surface area contributed by atoms with Crippen LogP contribution >= 0.6 is 0 Å². The Morgan fingerprint density at radius 2 is 1.92 bits per heavy atom. The highest BCUT2D eigenvalue weighted by Crippen LogP contribution is 2.16. The van der Waals surface area contributed by atoms with Crippen LogP contribution in [0.4, 0.5) is 0 Å². The maximum absolute atomic E-state index is 12.1. The quantitative estimate of drug-likeness (QED) is 0.488. The van der Waals surface area contributed by atoms with Crippen molar-refractivity contribution in [2.45, 2.75) is 19.6 Å². The van der Waals surface area contributed by atoms with Gasteiger partial charge in [-0.2, -0.15) is 4.73 Å². The molecular weight excluding hydrogens is 312 g/mol. The highest BCUT2D eigenvalue weighted by Gasteiger charge is 2.23. The first-order valence-electron chi connectivity index (χ1n) is 7.31. The Kier molecular flexibility index (Phi) is 5.73. The lowest BCUT2D eigenvalue weighted by molar-refractivity contribution is -0.608. The molecule has 2 rings (SSSR count). The molecule has 2 aromatic rings. The van der Waals surface area contributed by atoms with Crippen LogP contribution in [0.25, 0.3) is 0 Å². The Hall–Kier alpha value is -3.09. The van der Waals surface area contributed by atoms with Gasteiger partial charge in [-0.15, -0.1) is 0 Å². The van der Waals surface area contributed by atoms with Crippen LogP contribution in [0.5, 0.6) is 5.75 Å². The van der Waals surface area contributed by atoms with Gasteiger partial charge in [0.1, 0.15) is 5.75 Å². The predicted octanol–water partition coefficient (Wildman–Crippen LogP) is 1.19. The van der Waals surface area contributed by atoms with E-state index < -0.39 is 18.0 Å². The van der Waals surface area contributed by atoms with E-state index in [2.05, 4.69) is 5.32 Å². The Morgan fingerprint density at radius 3 is 2.62 bits per heavy atom. The summed E-state index contributed by atoms with van der Waals surface area (Å²) >= 11 is 0. The van der Waals surface area contributed by atoms with Crippen molar-refractivity contribution in [3.05, 3.63) is 65.1 Å². The van der Waals surface area contributed by atoms with Crippen LogP contribution in [0.3, 0.4) is 0 Å². The van der Waals surface area contributed by atoms with E-state index in [0.717, 1.165) is 5.56 Å². The minimum atomic E-state index is -1.03. The number of benzene rings is 1. The SMILES string of the molecule is COc1ccccc1CNC(=O)[C@H](C)OC(=O)c1cccc[n+]1[O-]. The molecule has 0 saturated carbocycles. The summed E-state index contributed by atoms with van der Waals surface area (Å²) in [5.74, 6) is -0.674. The largest absolute Gasteiger partial charge is 0.618 e. The third kappa shape index (κ3) is 4.22. The van der Waals surface area contributed by atoms with Crippen molar-refractivity contribution in [1.82, 2.24) is 5.32 Å². The van der Waals surface area contributed by atoms with Crippen LogP contribution in [0.2, 0.25) is 0 Å². The topological polar surface area (TPSA) is 91.6 Å². The number of pyridine rings is 1. The summed E-state index contributed by atoms with van der Waals surface area (Å²) in [4.78, 5) is 24.0. The third-order valence-corrected chi connectivity index (χ3v) is 3.33. The molecule has 24 heavy (non-hydrogen) atoms. The molecule has 1 N–H and O–H groups in total. The Morgan fingerprint density at radius 1 is 1.21 bits per heavy atom. The first-order valence-corrected chi connectivity index (χ1v) is 7.31. The number of nitrogens with zero attached hydrogens (tertiary/aromatic N) is 1. The molecule has 0 aliphatic carbocycles. The summed E-state index contributed by atoms with van der Waals surface area (Å²) in [5.41, 5.74) is 0.620. The van der Waals surface area contributed by atoms with Gasteiger partial charge in [0.25, 0.3) is 5.91 Å². The number of amides is 1. The van der Waals surface area contributed by atoms with Crippen LogP contribution in [0, 0.1) is 5.21 Å². The summed E-state index contributed by atoms with van der Waals surface area (Å²) < 4.78 is 10.6. The molecule has 0 aliphatic rings. The van der Waals surface area contributed by atoms with Gasteiger partial charge in [-0.25, -0.2) is 4.79 Å². The Balaban J connectivity index is 1.93. The number of hydrogen-bond donors (Lipinski definition) is 1. The lowest BCUT2D eigenvalue weighted by Crippen LogP contribution is -2.39. The van der Waals surface area contributed by atoms with Gasteiger partial charge >= 0.3 is 11.7 Å². The monoisotopic (exact) mass is 330 g/mol. The second-order valence-electron chi connectivity index (χ2n) is 4.99. The third-order valence-electron chi connectivity index (χ3n) is 3.33. The van der Waals surface area contributed by atoms with E-state index in [9.17, 15) is 14.8 Å². The number of para-hydroxylation sites is 1. The number of esters is 1. The standard InChI is InChI=1S/C17H18N2O5/c1-12(24-17(21)14-8-5-6-10-19(14)22)16(20)18-11-13-7-3-4-9-15(13)23-2/h3-10,12H,11H2,1-2H3,(H,18,20)/t12-/m0/s1. The van der Waals surface area contributed by atoms with Crippen molar-refractivity contribution in [2.75, 3.05) is 7.11 Å². The van der Waals surface area contributed by atoms with Gasteiger partial charge in [-0.1, -0.05) is 18.2 Å². The molecular formula is C17H18N2O5. The molecule has 1 aromatic carbocycles. The zero-order valence-electron chi connectivity index (χ0n) is 13.4. The van der Waals surface area contributed by atoms with Crippen molar-refractivity contribution in [3.8, 4) is 5.75 Å². The number of nitrogens with one attached hydrogen (secondary N) is 1. The average molecular weight is 330 g/mol. The lowest BCUT2D eigenvalue weighted by atomic mass is 10.2. The van der Waals surface area contributed by atoms with E-state index in [4.69, 9.17) is 9.47 Å². The molecule has 1 atom stereocenters. The molecule has 0 fully saturated rings. The summed E-state index contributed by atoms with van der Waals surface area (Å²) in [6.45, 7) is 1.67.